The van der Waals surface area contributed by atoms with Crippen molar-refractivity contribution in [2.45, 2.75) is 51.0 Å². The fourth-order valence-corrected chi connectivity index (χ4v) is 3.24. The monoisotopic (exact) mass is 330 g/mol. The molecule has 0 aromatic rings. The molecule has 0 spiro atoms. The molecule has 0 aromatic carbocycles. The number of aliphatic carboxylic acids is 1. The Morgan fingerprint density at radius 3 is 2.79 bits per heavy atom. The Bertz CT molecular complexity index is 562. The number of hydrogen-bond acceptors (Lipinski definition) is 3. The van der Waals surface area contributed by atoms with Crippen LogP contribution in [0.2, 0.25) is 0 Å². The van der Waals surface area contributed by atoms with Gasteiger partial charge in [-0.05, 0) is 37.7 Å². The number of carboxylic acids is 1. The van der Waals surface area contributed by atoms with Crippen LogP contribution in [-0.4, -0.2) is 28.1 Å². The lowest BCUT2D eigenvalue weighted by molar-refractivity contribution is -0.137. The standard InChI is InChI=1S/C20H26O4/c21-18(16-7-5-6-8-16)13-11-15-12-14-19(22)17(15)9-3-1-2-4-10-20(23)24/h1,3,9,11-16,18,21H,2,4-8,10H2,(H,23,24)/b3-1+,13-11+,17-9-. The van der Waals surface area contributed by atoms with Crippen LogP contribution in [0.25, 0.3) is 0 Å². The highest BCUT2D eigenvalue weighted by Crippen LogP contribution is 2.29. The molecule has 2 aliphatic carbocycles. The minimum absolute atomic E-state index is 0.00445. The number of carboxylic acid groups (broad SMARTS) is 1. The van der Waals surface area contributed by atoms with Crippen LogP contribution in [0, 0.1) is 11.8 Å². The van der Waals surface area contributed by atoms with Gasteiger partial charge in [-0.15, -0.1) is 0 Å². The quantitative estimate of drug-likeness (QED) is 0.405. The number of carbonyl (C=O) groups is 2. The first-order chi connectivity index (χ1) is 11.6. The van der Waals surface area contributed by atoms with E-state index >= 15 is 0 Å². The maximum absolute atomic E-state index is 11.9. The molecule has 0 saturated heterocycles. The van der Waals surface area contributed by atoms with Gasteiger partial charge in [-0.2, -0.15) is 0 Å². The molecule has 2 rings (SSSR count). The van der Waals surface area contributed by atoms with Crippen molar-refractivity contribution in [3.05, 3.63) is 48.1 Å². The Kier molecular flexibility index (Phi) is 7.19. The number of carbonyl (C=O) groups excluding carboxylic acids is 1. The summed E-state index contributed by atoms with van der Waals surface area (Å²) in [7, 11) is 0. The summed E-state index contributed by atoms with van der Waals surface area (Å²) in [5, 5.41) is 18.8. The van der Waals surface area contributed by atoms with Crippen LogP contribution in [0.1, 0.15) is 44.9 Å². The molecule has 2 unspecified atom stereocenters. The second-order valence-electron chi connectivity index (χ2n) is 6.51. The van der Waals surface area contributed by atoms with Crippen LogP contribution >= 0.6 is 0 Å². The highest BCUT2D eigenvalue weighted by molar-refractivity contribution is 6.07. The maximum Gasteiger partial charge on any atom is 0.303 e. The fraction of sp³-hybridized carbons (Fsp3) is 0.500. The first-order valence-corrected chi connectivity index (χ1v) is 8.75. The van der Waals surface area contributed by atoms with Crippen molar-refractivity contribution >= 4 is 11.8 Å². The first-order valence-electron chi connectivity index (χ1n) is 8.75. The van der Waals surface area contributed by atoms with Crippen LogP contribution in [0.4, 0.5) is 0 Å². The van der Waals surface area contributed by atoms with E-state index in [-0.39, 0.29) is 18.1 Å². The largest absolute Gasteiger partial charge is 0.481 e. The molecule has 0 aliphatic heterocycles. The Balaban J connectivity index is 1.87. The lowest BCUT2D eigenvalue weighted by Crippen LogP contribution is -2.14. The van der Waals surface area contributed by atoms with Crippen molar-refractivity contribution in [1.82, 2.24) is 0 Å². The second kappa shape index (κ2) is 9.38. The fourth-order valence-electron chi connectivity index (χ4n) is 3.24. The summed E-state index contributed by atoms with van der Waals surface area (Å²) in [6.45, 7) is 0. The molecule has 0 heterocycles. The average Bonchev–Trinajstić information content (AvgIpc) is 3.19. The molecule has 130 valence electrons. The van der Waals surface area contributed by atoms with Gasteiger partial charge in [-0.25, -0.2) is 0 Å². The first kappa shape index (κ1) is 18.4. The zero-order valence-corrected chi connectivity index (χ0v) is 13.9. The third-order valence-corrected chi connectivity index (χ3v) is 4.67. The summed E-state index contributed by atoms with van der Waals surface area (Å²) in [6.07, 6.45) is 18.2. The van der Waals surface area contributed by atoms with Crippen LogP contribution in [0.3, 0.4) is 0 Å². The number of hydrogen-bond donors (Lipinski definition) is 2. The van der Waals surface area contributed by atoms with Gasteiger partial charge in [0.25, 0.3) is 0 Å². The van der Waals surface area contributed by atoms with E-state index in [2.05, 4.69) is 0 Å². The molecular formula is C20H26O4. The van der Waals surface area contributed by atoms with Crippen molar-refractivity contribution in [2.24, 2.45) is 11.8 Å². The number of ketones is 1. The van der Waals surface area contributed by atoms with Crippen molar-refractivity contribution in [3.8, 4) is 0 Å². The van der Waals surface area contributed by atoms with E-state index in [0.29, 0.717) is 24.3 Å². The van der Waals surface area contributed by atoms with Gasteiger partial charge in [-0.1, -0.05) is 49.3 Å². The summed E-state index contributed by atoms with van der Waals surface area (Å²) in [6, 6.07) is 0. The molecule has 2 atom stereocenters. The summed E-state index contributed by atoms with van der Waals surface area (Å²) >= 11 is 0. The topological polar surface area (TPSA) is 74.6 Å². The molecule has 0 bridgehead atoms. The molecule has 4 nitrogen and oxygen atoms in total. The minimum atomic E-state index is -0.789. The molecule has 4 heteroatoms. The number of aliphatic hydroxyl groups excluding tert-OH is 1. The second-order valence-corrected chi connectivity index (χ2v) is 6.51. The molecular weight excluding hydrogens is 304 g/mol. The number of allylic oxidation sites excluding steroid dienone is 7. The molecule has 2 N–H and O–H groups in total. The van der Waals surface area contributed by atoms with Gasteiger partial charge < -0.3 is 10.2 Å². The summed E-state index contributed by atoms with van der Waals surface area (Å²) in [5.74, 6) is -0.528. The van der Waals surface area contributed by atoms with E-state index in [9.17, 15) is 14.7 Å². The predicted octanol–water partition coefficient (Wildman–Crippen LogP) is 3.59. The Morgan fingerprint density at radius 1 is 1.33 bits per heavy atom. The van der Waals surface area contributed by atoms with Gasteiger partial charge in [0, 0.05) is 17.9 Å². The minimum Gasteiger partial charge on any atom is -0.481 e. The van der Waals surface area contributed by atoms with E-state index in [0.717, 1.165) is 12.8 Å². The van der Waals surface area contributed by atoms with E-state index in [1.165, 1.54) is 12.8 Å². The highest BCUT2D eigenvalue weighted by atomic mass is 16.4. The zero-order chi connectivity index (χ0) is 17.4. The number of rotatable bonds is 8. The van der Waals surface area contributed by atoms with Gasteiger partial charge in [0.05, 0.1) is 6.10 Å². The molecule has 1 saturated carbocycles. The van der Waals surface area contributed by atoms with Crippen molar-refractivity contribution < 1.29 is 19.8 Å². The molecule has 0 amide bonds. The summed E-state index contributed by atoms with van der Waals surface area (Å²) in [4.78, 5) is 22.4. The smallest absolute Gasteiger partial charge is 0.303 e. The predicted molar refractivity (Wildman–Crippen MR) is 93.5 cm³/mol. The lowest BCUT2D eigenvalue weighted by atomic mass is 9.96. The van der Waals surface area contributed by atoms with Gasteiger partial charge in [0.1, 0.15) is 0 Å². The van der Waals surface area contributed by atoms with Crippen LogP contribution in [0.15, 0.2) is 48.1 Å². The third-order valence-electron chi connectivity index (χ3n) is 4.67. The van der Waals surface area contributed by atoms with Crippen LogP contribution in [-0.2, 0) is 9.59 Å². The zero-order valence-electron chi connectivity index (χ0n) is 13.9. The molecule has 1 fully saturated rings. The normalized spacial score (nSPS) is 24.8. The Hall–Kier alpha value is -1.94. The van der Waals surface area contributed by atoms with E-state index in [1.807, 2.05) is 30.4 Å². The summed E-state index contributed by atoms with van der Waals surface area (Å²) < 4.78 is 0. The van der Waals surface area contributed by atoms with Crippen molar-refractivity contribution in [1.29, 1.82) is 0 Å². The van der Waals surface area contributed by atoms with E-state index in [4.69, 9.17) is 5.11 Å². The highest BCUT2D eigenvalue weighted by Gasteiger charge is 2.23. The maximum atomic E-state index is 11.9. The van der Waals surface area contributed by atoms with Crippen LogP contribution < -0.4 is 0 Å². The molecule has 2 aliphatic rings. The van der Waals surface area contributed by atoms with Gasteiger partial charge in [-0.3, -0.25) is 9.59 Å². The summed E-state index contributed by atoms with van der Waals surface area (Å²) in [5.41, 5.74) is 0.694. The average molecular weight is 330 g/mol. The number of unbranched alkanes of at least 4 members (excludes halogenated alkanes) is 1. The van der Waals surface area contributed by atoms with Gasteiger partial charge in [0.15, 0.2) is 5.78 Å². The van der Waals surface area contributed by atoms with Crippen LogP contribution in [0.5, 0.6) is 0 Å². The SMILES string of the molecule is O=C(O)CCC/C=C/C=C1\C(=O)C=CC1/C=C/C(O)C1CCCC1. The van der Waals surface area contributed by atoms with E-state index < -0.39 is 12.1 Å². The Labute approximate surface area is 143 Å². The number of aliphatic hydroxyl groups is 1. The molecule has 0 aromatic heterocycles. The third kappa shape index (κ3) is 5.60. The molecule has 0 radical (unpaired) electrons. The van der Waals surface area contributed by atoms with E-state index in [1.54, 1.807) is 12.2 Å². The van der Waals surface area contributed by atoms with Gasteiger partial charge >= 0.3 is 5.97 Å². The Morgan fingerprint density at radius 2 is 2.08 bits per heavy atom. The molecule has 24 heavy (non-hydrogen) atoms. The van der Waals surface area contributed by atoms with Crippen molar-refractivity contribution in [2.75, 3.05) is 0 Å². The van der Waals surface area contributed by atoms with Crippen molar-refractivity contribution in [3.63, 3.8) is 0 Å². The lowest BCUT2D eigenvalue weighted by Gasteiger charge is -2.14. The van der Waals surface area contributed by atoms with Gasteiger partial charge in [0.2, 0.25) is 0 Å².